The lowest BCUT2D eigenvalue weighted by Crippen LogP contribution is -2.25. The molecule has 1 unspecified atom stereocenters. The second-order valence-corrected chi connectivity index (χ2v) is 3.38. The minimum Gasteiger partial charge on any atom is -0.380 e. The zero-order valence-electron chi connectivity index (χ0n) is 9.73. The summed E-state index contributed by atoms with van der Waals surface area (Å²) in [5.41, 5.74) is 1.09. The molecule has 0 radical (unpaired) electrons. The van der Waals surface area contributed by atoms with Crippen LogP contribution in [0.25, 0.3) is 0 Å². The van der Waals surface area contributed by atoms with Gasteiger partial charge in [0.25, 0.3) is 0 Å². The van der Waals surface area contributed by atoms with Crippen LogP contribution in [0.4, 0.5) is 0 Å². The molecule has 0 spiro atoms. The molecule has 0 aliphatic carbocycles. The molecular weight excluding hydrogens is 192 g/mol. The normalized spacial score (nSPS) is 13.0. The number of nitrogens with one attached hydrogen (secondary N) is 1. The van der Waals surface area contributed by atoms with Crippen LogP contribution in [0.1, 0.15) is 32.0 Å². The molecule has 0 aliphatic heterocycles. The van der Waals surface area contributed by atoms with Crippen molar-refractivity contribution < 1.29 is 4.74 Å². The average Bonchev–Trinajstić information content (AvgIpc) is 2.68. The highest BCUT2D eigenvalue weighted by molar-refractivity contribution is 5.02. The van der Waals surface area contributed by atoms with Crippen molar-refractivity contribution in [3.8, 4) is 0 Å². The van der Waals surface area contributed by atoms with Gasteiger partial charge in [-0.3, -0.25) is 0 Å². The lowest BCUT2D eigenvalue weighted by Gasteiger charge is -2.16. The van der Waals surface area contributed by atoms with E-state index < -0.39 is 0 Å². The molecule has 1 rings (SSSR count). The molecule has 5 nitrogen and oxygen atoms in total. The van der Waals surface area contributed by atoms with Gasteiger partial charge in [-0.1, -0.05) is 12.1 Å². The summed E-state index contributed by atoms with van der Waals surface area (Å²) >= 11 is 0. The molecule has 1 atom stereocenters. The molecule has 0 aromatic carbocycles. The van der Waals surface area contributed by atoms with E-state index >= 15 is 0 Å². The van der Waals surface area contributed by atoms with Gasteiger partial charge in [0.1, 0.15) is 0 Å². The van der Waals surface area contributed by atoms with Gasteiger partial charge in [-0.2, -0.15) is 0 Å². The molecule has 0 saturated heterocycles. The Morgan fingerprint density at radius 1 is 1.53 bits per heavy atom. The summed E-state index contributed by atoms with van der Waals surface area (Å²) in [7, 11) is 1.92. The number of aryl methyl sites for hydroxylation is 1. The van der Waals surface area contributed by atoms with Crippen LogP contribution in [-0.2, 0) is 11.3 Å². The van der Waals surface area contributed by atoms with Crippen LogP contribution in [0.15, 0.2) is 6.20 Å². The average molecular weight is 212 g/mol. The zero-order valence-corrected chi connectivity index (χ0v) is 9.73. The highest BCUT2D eigenvalue weighted by Crippen LogP contribution is 2.11. The van der Waals surface area contributed by atoms with Crippen molar-refractivity contribution in [3.63, 3.8) is 0 Å². The monoisotopic (exact) mass is 212 g/mol. The fourth-order valence-electron chi connectivity index (χ4n) is 1.47. The summed E-state index contributed by atoms with van der Waals surface area (Å²) in [6, 6.07) is 0.173. The summed E-state index contributed by atoms with van der Waals surface area (Å²) < 4.78 is 7.34. The van der Waals surface area contributed by atoms with Crippen LogP contribution < -0.4 is 5.32 Å². The summed E-state index contributed by atoms with van der Waals surface area (Å²) in [4.78, 5) is 0. The topological polar surface area (TPSA) is 52.0 Å². The number of likely N-dealkylation sites (N-methyl/N-ethyl adjacent to an activating group) is 1. The minimum atomic E-state index is 0.173. The van der Waals surface area contributed by atoms with E-state index in [2.05, 4.69) is 22.6 Å². The molecule has 0 fully saturated rings. The van der Waals surface area contributed by atoms with Gasteiger partial charge in [-0.25, -0.2) is 4.68 Å². The second kappa shape index (κ2) is 6.53. The SMILES string of the molecule is CCCn1nncc1C(COCC)NC. The summed E-state index contributed by atoms with van der Waals surface area (Å²) in [6.45, 7) is 6.41. The first kappa shape index (κ1) is 12.1. The van der Waals surface area contributed by atoms with Crippen LogP contribution >= 0.6 is 0 Å². The third-order valence-electron chi connectivity index (χ3n) is 2.28. The Hall–Kier alpha value is -0.940. The van der Waals surface area contributed by atoms with Crippen LogP contribution in [0.5, 0.6) is 0 Å². The number of hydrogen-bond donors (Lipinski definition) is 1. The number of hydrogen-bond acceptors (Lipinski definition) is 4. The molecule has 86 valence electrons. The van der Waals surface area contributed by atoms with Gasteiger partial charge in [0, 0.05) is 13.2 Å². The number of nitrogens with zero attached hydrogens (tertiary/aromatic N) is 3. The van der Waals surface area contributed by atoms with E-state index in [4.69, 9.17) is 4.74 Å². The van der Waals surface area contributed by atoms with Gasteiger partial charge < -0.3 is 10.1 Å². The smallest absolute Gasteiger partial charge is 0.0780 e. The number of aromatic nitrogens is 3. The fourth-order valence-corrected chi connectivity index (χ4v) is 1.47. The zero-order chi connectivity index (χ0) is 11.1. The lowest BCUT2D eigenvalue weighted by atomic mass is 10.2. The molecule has 0 saturated carbocycles. The van der Waals surface area contributed by atoms with Crippen molar-refractivity contribution in [1.29, 1.82) is 0 Å². The van der Waals surface area contributed by atoms with Crippen molar-refractivity contribution in [3.05, 3.63) is 11.9 Å². The Morgan fingerprint density at radius 3 is 2.93 bits per heavy atom. The highest BCUT2D eigenvalue weighted by atomic mass is 16.5. The third-order valence-corrected chi connectivity index (χ3v) is 2.28. The van der Waals surface area contributed by atoms with Crippen LogP contribution in [0, 0.1) is 0 Å². The van der Waals surface area contributed by atoms with Crippen LogP contribution in [0.2, 0.25) is 0 Å². The molecule has 0 aliphatic rings. The molecule has 1 aromatic rings. The summed E-state index contributed by atoms with van der Waals surface area (Å²) in [5.74, 6) is 0. The largest absolute Gasteiger partial charge is 0.380 e. The van der Waals surface area contributed by atoms with E-state index in [0.29, 0.717) is 6.61 Å². The molecule has 0 bridgehead atoms. The first-order chi connectivity index (χ1) is 7.33. The van der Waals surface area contributed by atoms with Gasteiger partial charge >= 0.3 is 0 Å². The maximum atomic E-state index is 5.41. The predicted octanol–water partition coefficient (Wildman–Crippen LogP) is 0.985. The van der Waals surface area contributed by atoms with Gasteiger partial charge in [0.15, 0.2) is 0 Å². The van der Waals surface area contributed by atoms with Crippen molar-refractivity contribution in [2.24, 2.45) is 0 Å². The first-order valence-corrected chi connectivity index (χ1v) is 5.46. The van der Waals surface area contributed by atoms with Gasteiger partial charge in [0.2, 0.25) is 0 Å². The second-order valence-electron chi connectivity index (χ2n) is 3.38. The summed E-state index contributed by atoms with van der Waals surface area (Å²) in [5, 5.41) is 11.2. The van der Waals surface area contributed by atoms with Gasteiger partial charge in [-0.05, 0) is 20.4 Å². The quantitative estimate of drug-likeness (QED) is 0.732. The molecular formula is C10H20N4O. The van der Waals surface area contributed by atoms with E-state index in [1.54, 1.807) is 6.20 Å². The Bertz CT molecular complexity index is 274. The summed E-state index contributed by atoms with van der Waals surface area (Å²) in [6.07, 6.45) is 2.86. The van der Waals surface area contributed by atoms with E-state index in [1.807, 2.05) is 18.7 Å². The minimum absolute atomic E-state index is 0.173. The fraction of sp³-hybridized carbons (Fsp3) is 0.800. The number of rotatable bonds is 7. The Kier molecular flexibility index (Phi) is 5.28. The third kappa shape index (κ3) is 3.28. The molecule has 0 amide bonds. The molecule has 5 heteroatoms. The van der Waals surface area contributed by atoms with E-state index in [9.17, 15) is 0 Å². The predicted molar refractivity (Wildman–Crippen MR) is 58.6 cm³/mol. The number of ether oxygens (including phenoxy) is 1. The van der Waals surface area contributed by atoms with Crippen LogP contribution in [-0.4, -0.2) is 35.3 Å². The van der Waals surface area contributed by atoms with Crippen molar-refractivity contribution >= 4 is 0 Å². The van der Waals surface area contributed by atoms with E-state index in [-0.39, 0.29) is 6.04 Å². The van der Waals surface area contributed by atoms with Crippen molar-refractivity contribution in [2.75, 3.05) is 20.3 Å². The van der Waals surface area contributed by atoms with E-state index in [0.717, 1.165) is 25.3 Å². The Balaban J connectivity index is 2.67. The Labute approximate surface area is 90.8 Å². The standard InChI is InChI=1S/C10H20N4O/c1-4-6-14-10(7-12-13-14)9(11-3)8-15-5-2/h7,9,11H,4-6,8H2,1-3H3. The lowest BCUT2D eigenvalue weighted by molar-refractivity contribution is 0.122. The maximum absolute atomic E-state index is 5.41. The van der Waals surface area contributed by atoms with Gasteiger partial charge in [-0.15, -0.1) is 5.10 Å². The molecule has 1 heterocycles. The van der Waals surface area contributed by atoms with Gasteiger partial charge in [0.05, 0.1) is 24.5 Å². The van der Waals surface area contributed by atoms with Crippen molar-refractivity contribution in [2.45, 2.75) is 32.9 Å². The molecule has 15 heavy (non-hydrogen) atoms. The molecule has 1 N–H and O–H groups in total. The van der Waals surface area contributed by atoms with E-state index in [1.165, 1.54) is 0 Å². The van der Waals surface area contributed by atoms with Crippen LogP contribution in [0.3, 0.4) is 0 Å². The first-order valence-electron chi connectivity index (χ1n) is 5.46. The molecule has 1 aromatic heterocycles. The van der Waals surface area contributed by atoms with Crippen molar-refractivity contribution in [1.82, 2.24) is 20.3 Å². The highest BCUT2D eigenvalue weighted by Gasteiger charge is 2.14. The Morgan fingerprint density at radius 2 is 2.33 bits per heavy atom. The maximum Gasteiger partial charge on any atom is 0.0780 e.